The third kappa shape index (κ3) is 2.72. The van der Waals surface area contributed by atoms with E-state index >= 15 is 0 Å². The molecule has 0 N–H and O–H groups in total. The van der Waals surface area contributed by atoms with Gasteiger partial charge < -0.3 is 0 Å². The lowest BCUT2D eigenvalue weighted by molar-refractivity contribution is 0.253. The van der Waals surface area contributed by atoms with E-state index in [4.69, 9.17) is 23.2 Å². The van der Waals surface area contributed by atoms with Gasteiger partial charge >= 0.3 is 0 Å². The smallest absolute Gasteiger partial charge is 0.207 e. The largest absolute Gasteiger partial charge is 0.246 e. The van der Waals surface area contributed by atoms with Crippen LogP contribution < -0.4 is 0 Å². The van der Waals surface area contributed by atoms with Gasteiger partial charge in [0.2, 0.25) is 10.0 Å². The Bertz CT molecular complexity index is 616. The normalized spacial score (nSPS) is 29.8. The van der Waals surface area contributed by atoms with Gasteiger partial charge in [-0.2, -0.15) is 16.1 Å². The van der Waals surface area contributed by atoms with E-state index in [1.807, 2.05) is 11.8 Å². The molecule has 2 aliphatic rings. The van der Waals surface area contributed by atoms with Crippen molar-refractivity contribution in [1.29, 1.82) is 0 Å². The molecular weight excluding hydrogens is 349 g/mol. The molecule has 3 nitrogen and oxygen atoms in total. The van der Waals surface area contributed by atoms with Crippen LogP contribution in [0.4, 0.5) is 0 Å². The molecule has 3 rings (SSSR count). The van der Waals surface area contributed by atoms with Crippen molar-refractivity contribution in [2.75, 3.05) is 6.26 Å². The maximum Gasteiger partial charge on any atom is 0.246 e. The monoisotopic (exact) mass is 365 g/mol. The molecule has 2 heterocycles. The maximum absolute atomic E-state index is 13.0. The molecule has 0 spiro atoms. The summed E-state index contributed by atoms with van der Waals surface area (Å²) in [5.41, 5.74) is 0. The Labute approximate surface area is 140 Å². The minimum atomic E-state index is -3.63. The zero-order chi connectivity index (χ0) is 15.2. The quantitative estimate of drug-likeness (QED) is 0.810. The Morgan fingerprint density at radius 1 is 1.14 bits per heavy atom. The highest BCUT2D eigenvalue weighted by Gasteiger charge is 2.47. The van der Waals surface area contributed by atoms with Crippen molar-refractivity contribution >= 4 is 45.0 Å². The predicted molar refractivity (Wildman–Crippen MR) is 88.8 cm³/mol. The lowest BCUT2D eigenvalue weighted by Gasteiger charge is -2.37. The summed E-state index contributed by atoms with van der Waals surface area (Å²) < 4.78 is 27.7. The standard InChI is InChI=1S/C14H17Cl2NO2S2/c1-20-11-7-9-5-6-10(8-11)17(9)21(18,19)14-12(15)3-2-4-13(14)16/h2-4,9-11H,5-8H2,1H3. The molecule has 1 aromatic carbocycles. The summed E-state index contributed by atoms with van der Waals surface area (Å²) in [7, 11) is -3.63. The van der Waals surface area contributed by atoms with Gasteiger partial charge in [0.1, 0.15) is 4.90 Å². The van der Waals surface area contributed by atoms with Crippen LogP contribution in [-0.4, -0.2) is 36.3 Å². The number of thioether (sulfide) groups is 1. The van der Waals surface area contributed by atoms with Gasteiger partial charge in [0.25, 0.3) is 0 Å². The Morgan fingerprint density at radius 2 is 1.67 bits per heavy atom. The molecule has 2 aliphatic heterocycles. The van der Waals surface area contributed by atoms with Crippen LogP contribution in [-0.2, 0) is 10.0 Å². The van der Waals surface area contributed by atoms with E-state index in [2.05, 4.69) is 6.26 Å². The van der Waals surface area contributed by atoms with Crippen LogP contribution in [0.5, 0.6) is 0 Å². The van der Waals surface area contributed by atoms with Gasteiger partial charge in [0.15, 0.2) is 0 Å². The first-order valence-corrected chi connectivity index (χ1v) is 10.4. The van der Waals surface area contributed by atoms with E-state index in [1.54, 1.807) is 22.5 Å². The van der Waals surface area contributed by atoms with E-state index in [9.17, 15) is 8.42 Å². The molecule has 0 radical (unpaired) electrons. The molecule has 2 saturated heterocycles. The fourth-order valence-corrected chi connectivity index (χ4v) is 7.32. The van der Waals surface area contributed by atoms with Gasteiger partial charge in [0.05, 0.1) is 10.0 Å². The molecule has 0 saturated carbocycles. The second-order valence-corrected chi connectivity index (χ2v) is 9.33. The third-order valence-electron chi connectivity index (χ3n) is 4.41. The van der Waals surface area contributed by atoms with Gasteiger partial charge in [-0.1, -0.05) is 29.3 Å². The van der Waals surface area contributed by atoms with E-state index in [1.165, 1.54) is 0 Å². The van der Waals surface area contributed by atoms with Gasteiger partial charge in [-0.3, -0.25) is 0 Å². The second kappa shape index (κ2) is 5.93. The minimum Gasteiger partial charge on any atom is -0.207 e. The summed E-state index contributed by atoms with van der Waals surface area (Å²) in [5, 5.41) is 0.957. The van der Waals surface area contributed by atoms with Crippen LogP contribution in [0, 0.1) is 0 Å². The third-order valence-corrected chi connectivity index (χ3v) is 8.42. The average Bonchev–Trinajstić information content (AvgIpc) is 2.70. The average molecular weight is 366 g/mol. The van der Waals surface area contributed by atoms with Crippen LogP contribution >= 0.6 is 35.0 Å². The highest BCUT2D eigenvalue weighted by Crippen LogP contribution is 2.44. The number of hydrogen-bond acceptors (Lipinski definition) is 3. The van der Waals surface area contributed by atoms with E-state index in [0.717, 1.165) is 25.7 Å². The summed E-state index contributed by atoms with van der Waals surface area (Å²) in [6.07, 6.45) is 5.79. The summed E-state index contributed by atoms with van der Waals surface area (Å²) in [6.45, 7) is 0. The summed E-state index contributed by atoms with van der Waals surface area (Å²) in [5.74, 6) is 0. The Hall–Kier alpha value is 0.0600. The van der Waals surface area contributed by atoms with E-state index < -0.39 is 10.0 Å². The summed E-state index contributed by atoms with van der Waals surface area (Å²) in [6, 6.07) is 4.99. The van der Waals surface area contributed by atoms with Crippen molar-refractivity contribution in [3.63, 3.8) is 0 Å². The highest BCUT2D eigenvalue weighted by molar-refractivity contribution is 7.99. The Morgan fingerprint density at radius 3 is 2.14 bits per heavy atom. The lowest BCUT2D eigenvalue weighted by Crippen LogP contribution is -2.47. The molecule has 1 aromatic rings. The number of hydrogen-bond donors (Lipinski definition) is 0. The highest BCUT2D eigenvalue weighted by atomic mass is 35.5. The maximum atomic E-state index is 13.0. The van der Waals surface area contributed by atoms with Crippen molar-refractivity contribution in [1.82, 2.24) is 4.31 Å². The van der Waals surface area contributed by atoms with Crippen LogP contribution in [0.2, 0.25) is 10.0 Å². The van der Waals surface area contributed by atoms with Crippen molar-refractivity contribution in [2.45, 2.75) is 47.9 Å². The number of benzene rings is 1. The molecule has 7 heteroatoms. The summed E-state index contributed by atoms with van der Waals surface area (Å²) in [4.78, 5) is 0.0628. The molecular formula is C14H17Cl2NO2S2. The van der Waals surface area contributed by atoms with Crippen LogP contribution in [0.25, 0.3) is 0 Å². The Kier molecular flexibility index (Phi) is 4.50. The topological polar surface area (TPSA) is 37.4 Å². The number of halogens is 2. The fourth-order valence-electron chi connectivity index (χ4n) is 3.50. The SMILES string of the molecule is CSC1CC2CCC(C1)N2S(=O)(=O)c1c(Cl)cccc1Cl. The molecule has 2 atom stereocenters. The number of piperidine rings is 1. The molecule has 2 unspecified atom stereocenters. The van der Waals surface area contributed by atoms with Crippen LogP contribution in [0.15, 0.2) is 23.1 Å². The van der Waals surface area contributed by atoms with E-state index in [-0.39, 0.29) is 27.0 Å². The van der Waals surface area contributed by atoms with Crippen LogP contribution in [0.1, 0.15) is 25.7 Å². The zero-order valence-electron chi connectivity index (χ0n) is 11.6. The van der Waals surface area contributed by atoms with E-state index in [0.29, 0.717) is 5.25 Å². The minimum absolute atomic E-state index is 0.0628. The first-order valence-electron chi connectivity index (χ1n) is 6.95. The molecule has 0 aliphatic carbocycles. The number of fused-ring (bicyclic) bond motifs is 2. The van der Waals surface area contributed by atoms with Gasteiger partial charge in [0, 0.05) is 17.3 Å². The predicted octanol–water partition coefficient (Wildman–Crippen LogP) is 4.04. The molecule has 2 bridgehead atoms. The zero-order valence-corrected chi connectivity index (χ0v) is 14.8. The van der Waals surface area contributed by atoms with Crippen molar-refractivity contribution in [2.24, 2.45) is 0 Å². The molecule has 116 valence electrons. The molecule has 0 aromatic heterocycles. The number of rotatable bonds is 3. The van der Waals surface area contributed by atoms with Crippen molar-refractivity contribution < 1.29 is 8.42 Å². The van der Waals surface area contributed by atoms with Crippen molar-refractivity contribution in [3.05, 3.63) is 28.2 Å². The van der Waals surface area contributed by atoms with Gasteiger partial charge in [-0.25, -0.2) is 8.42 Å². The molecule has 21 heavy (non-hydrogen) atoms. The van der Waals surface area contributed by atoms with Crippen LogP contribution in [0.3, 0.4) is 0 Å². The fraction of sp³-hybridized carbons (Fsp3) is 0.571. The van der Waals surface area contributed by atoms with Crippen molar-refractivity contribution in [3.8, 4) is 0 Å². The Balaban J connectivity index is 2.01. The molecule has 0 amide bonds. The number of nitrogens with zero attached hydrogens (tertiary/aromatic N) is 1. The van der Waals surface area contributed by atoms with Gasteiger partial charge in [-0.05, 0) is 44.1 Å². The number of sulfonamides is 1. The second-order valence-electron chi connectivity index (χ2n) is 5.60. The molecule has 2 fully saturated rings. The lowest BCUT2D eigenvalue weighted by atomic mass is 10.1. The first kappa shape index (κ1) is 15.9. The summed E-state index contributed by atoms with van der Waals surface area (Å²) >= 11 is 14.1. The first-order chi connectivity index (χ1) is 9.95. The van der Waals surface area contributed by atoms with Gasteiger partial charge in [-0.15, -0.1) is 0 Å².